The first-order valence-electron chi connectivity index (χ1n) is 12.5. The van der Waals surface area contributed by atoms with Crippen molar-refractivity contribution in [3.05, 3.63) is 101 Å². The standard InChI is InChI=1S/C30H29F2N3O4/c1-3-35(4-2)18-20-11-12-24(30(36)37)27(14-20)39-29-26(32)16-25(31)28(34-29)38-23-10-6-9-22(15-23)21-8-5-7-19(13-21)17-33/h5-16H,3-4,17-18,33H2,1-2H3,(H,36,37). The van der Waals surface area contributed by atoms with Gasteiger partial charge >= 0.3 is 5.97 Å². The smallest absolute Gasteiger partial charge is 0.339 e. The third kappa shape index (κ3) is 6.76. The summed E-state index contributed by atoms with van der Waals surface area (Å²) in [7, 11) is 0. The number of aromatic carboxylic acids is 1. The van der Waals surface area contributed by atoms with Crippen LogP contribution < -0.4 is 15.2 Å². The second-order valence-corrected chi connectivity index (χ2v) is 8.80. The summed E-state index contributed by atoms with van der Waals surface area (Å²) in [5.41, 5.74) is 8.98. The van der Waals surface area contributed by atoms with E-state index in [1.54, 1.807) is 24.3 Å². The summed E-state index contributed by atoms with van der Waals surface area (Å²) in [5.74, 6) is -4.37. The first-order chi connectivity index (χ1) is 18.8. The Morgan fingerprint density at radius 3 is 2.21 bits per heavy atom. The van der Waals surface area contributed by atoms with Crippen LogP contribution in [0.1, 0.15) is 35.3 Å². The predicted molar refractivity (Wildman–Crippen MR) is 144 cm³/mol. The van der Waals surface area contributed by atoms with Crippen LogP contribution in [0.2, 0.25) is 0 Å². The van der Waals surface area contributed by atoms with Crippen molar-refractivity contribution in [2.24, 2.45) is 5.73 Å². The van der Waals surface area contributed by atoms with E-state index in [-0.39, 0.29) is 17.1 Å². The van der Waals surface area contributed by atoms with Gasteiger partial charge in [0.05, 0.1) is 0 Å². The molecule has 0 unspecified atom stereocenters. The molecule has 0 aliphatic carbocycles. The summed E-state index contributed by atoms with van der Waals surface area (Å²) in [6.07, 6.45) is 0. The molecule has 0 radical (unpaired) electrons. The monoisotopic (exact) mass is 533 g/mol. The Morgan fingerprint density at radius 1 is 0.872 bits per heavy atom. The van der Waals surface area contributed by atoms with E-state index in [2.05, 4.69) is 9.88 Å². The van der Waals surface area contributed by atoms with Gasteiger partial charge in [0.25, 0.3) is 11.8 Å². The van der Waals surface area contributed by atoms with E-state index >= 15 is 0 Å². The maximum absolute atomic E-state index is 14.7. The minimum atomic E-state index is -1.26. The normalized spacial score (nSPS) is 11.0. The van der Waals surface area contributed by atoms with Gasteiger partial charge in [0.2, 0.25) is 0 Å². The van der Waals surface area contributed by atoms with Crippen molar-refractivity contribution in [3.8, 4) is 34.4 Å². The highest BCUT2D eigenvalue weighted by Crippen LogP contribution is 2.33. The van der Waals surface area contributed by atoms with Gasteiger partial charge in [-0.25, -0.2) is 13.6 Å². The van der Waals surface area contributed by atoms with Gasteiger partial charge in [0, 0.05) is 19.2 Å². The molecule has 202 valence electrons. The van der Waals surface area contributed by atoms with Crippen LogP contribution in [0, 0.1) is 11.6 Å². The predicted octanol–water partition coefficient (Wildman–Crippen LogP) is 6.61. The molecule has 0 bridgehead atoms. The van der Waals surface area contributed by atoms with E-state index in [1.807, 2.05) is 44.2 Å². The molecule has 0 saturated carbocycles. The first kappa shape index (κ1) is 27.7. The topological polar surface area (TPSA) is 97.9 Å². The average Bonchev–Trinajstić information content (AvgIpc) is 2.94. The van der Waals surface area contributed by atoms with Crippen molar-refractivity contribution in [1.29, 1.82) is 0 Å². The number of carbonyl (C=O) groups is 1. The number of benzene rings is 3. The van der Waals surface area contributed by atoms with Gasteiger partial charge in [-0.15, -0.1) is 0 Å². The molecule has 3 N–H and O–H groups in total. The third-order valence-corrected chi connectivity index (χ3v) is 6.19. The van der Waals surface area contributed by atoms with E-state index in [4.69, 9.17) is 15.2 Å². The largest absolute Gasteiger partial charge is 0.478 e. The van der Waals surface area contributed by atoms with Crippen LogP contribution in [0.15, 0.2) is 72.8 Å². The molecule has 0 atom stereocenters. The zero-order valence-electron chi connectivity index (χ0n) is 21.7. The minimum absolute atomic E-state index is 0.113. The Labute approximate surface area is 225 Å². The van der Waals surface area contributed by atoms with E-state index in [0.717, 1.165) is 35.3 Å². The van der Waals surface area contributed by atoms with Gasteiger partial charge in [0.15, 0.2) is 11.6 Å². The SMILES string of the molecule is CCN(CC)Cc1ccc(C(=O)O)c(Oc2nc(Oc3cccc(-c4cccc(CN)c4)c3)c(F)cc2F)c1. The number of carboxylic acid groups (broad SMARTS) is 1. The molecule has 0 saturated heterocycles. The highest BCUT2D eigenvalue weighted by molar-refractivity contribution is 5.91. The van der Waals surface area contributed by atoms with Crippen molar-refractivity contribution < 1.29 is 28.2 Å². The Bertz CT molecular complexity index is 1470. The molecule has 0 fully saturated rings. The van der Waals surface area contributed by atoms with Crippen molar-refractivity contribution in [1.82, 2.24) is 9.88 Å². The highest BCUT2D eigenvalue weighted by atomic mass is 19.1. The van der Waals surface area contributed by atoms with Gasteiger partial charge in [-0.2, -0.15) is 4.98 Å². The second-order valence-electron chi connectivity index (χ2n) is 8.80. The number of ether oxygens (including phenoxy) is 2. The third-order valence-electron chi connectivity index (χ3n) is 6.19. The van der Waals surface area contributed by atoms with Gasteiger partial charge in [-0.1, -0.05) is 50.2 Å². The molecule has 1 heterocycles. The van der Waals surface area contributed by atoms with Crippen molar-refractivity contribution in [2.75, 3.05) is 13.1 Å². The van der Waals surface area contributed by atoms with Crippen LogP contribution in [0.25, 0.3) is 11.1 Å². The van der Waals surface area contributed by atoms with E-state index in [9.17, 15) is 18.7 Å². The van der Waals surface area contributed by atoms with Crippen molar-refractivity contribution >= 4 is 5.97 Å². The lowest BCUT2D eigenvalue weighted by Gasteiger charge is -2.19. The molecule has 3 aromatic carbocycles. The van der Waals surface area contributed by atoms with Crippen LogP contribution >= 0.6 is 0 Å². The number of hydrogen-bond donors (Lipinski definition) is 2. The summed E-state index contributed by atoms with van der Waals surface area (Å²) < 4.78 is 40.7. The lowest BCUT2D eigenvalue weighted by atomic mass is 10.0. The van der Waals surface area contributed by atoms with Crippen LogP contribution in [-0.4, -0.2) is 34.0 Å². The Hall–Kier alpha value is -4.34. The summed E-state index contributed by atoms with van der Waals surface area (Å²) >= 11 is 0. The fourth-order valence-corrected chi connectivity index (χ4v) is 4.04. The number of nitrogens with zero attached hydrogens (tertiary/aromatic N) is 2. The lowest BCUT2D eigenvalue weighted by Crippen LogP contribution is -2.22. The lowest BCUT2D eigenvalue weighted by molar-refractivity contribution is 0.0694. The van der Waals surface area contributed by atoms with E-state index in [1.165, 1.54) is 12.1 Å². The summed E-state index contributed by atoms with van der Waals surface area (Å²) in [4.78, 5) is 17.8. The molecule has 4 rings (SSSR count). The van der Waals surface area contributed by atoms with E-state index in [0.29, 0.717) is 19.2 Å². The quantitative estimate of drug-likeness (QED) is 0.224. The fourth-order valence-electron chi connectivity index (χ4n) is 4.04. The molecule has 7 nitrogen and oxygen atoms in total. The molecule has 1 aromatic heterocycles. The summed E-state index contributed by atoms with van der Waals surface area (Å²) in [6, 6.07) is 19.7. The number of halogens is 2. The first-order valence-corrected chi connectivity index (χ1v) is 12.5. The minimum Gasteiger partial charge on any atom is -0.478 e. The number of aromatic nitrogens is 1. The van der Waals surface area contributed by atoms with Crippen LogP contribution in [0.4, 0.5) is 8.78 Å². The van der Waals surface area contributed by atoms with Crippen LogP contribution in [0.5, 0.6) is 23.3 Å². The zero-order valence-corrected chi connectivity index (χ0v) is 21.7. The maximum atomic E-state index is 14.7. The Kier molecular flexibility index (Phi) is 8.85. The molecule has 39 heavy (non-hydrogen) atoms. The highest BCUT2D eigenvalue weighted by Gasteiger charge is 2.20. The van der Waals surface area contributed by atoms with Gasteiger partial charge in [0.1, 0.15) is 17.1 Å². The molecular formula is C30H29F2N3O4. The zero-order chi connectivity index (χ0) is 27.9. The average molecular weight is 534 g/mol. The molecule has 0 spiro atoms. The molecule has 9 heteroatoms. The van der Waals surface area contributed by atoms with Gasteiger partial charge < -0.3 is 20.3 Å². The number of nitrogens with two attached hydrogens (primary N) is 1. The van der Waals surface area contributed by atoms with Gasteiger partial charge in [-0.05, 0) is 65.7 Å². The number of rotatable bonds is 11. The number of hydrogen-bond acceptors (Lipinski definition) is 6. The summed E-state index contributed by atoms with van der Waals surface area (Å²) in [6.45, 7) is 6.54. The Morgan fingerprint density at radius 2 is 1.54 bits per heavy atom. The van der Waals surface area contributed by atoms with Crippen LogP contribution in [0.3, 0.4) is 0 Å². The molecule has 0 amide bonds. The number of pyridine rings is 1. The van der Waals surface area contributed by atoms with Crippen molar-refractivity contribution in [3.63, 3.8) is 0 Å². The summed E-state index contributed by atoms with van der Waals surface area (Å²) in [5, 5.41) is 9.63. The molecule has 4 aromatic rings. The number of carboxylic acids is 1. The van der Waals surface area contributed by atoms with Gasteiger partial charge in [-0.3, -0.25) is 4.90 Å². The maximum Gasteiger partial charge on any atom is 0.339 e. The second kappa shape index (κ2) is 12.5. The molecular weight excluding hydrogens is 504 g/mol. The Balaban J connectivity index is 1.64. The molecule has 0 aliphatic heterocycles. The fraction of sp³-hybridized carbons (Fsp3) is 0.200. The van der Waals surface area contributed by atoms with Crippen LogP contribution in [-0.2, 0) is 13.1 Å². The molecule has 0 aliphatic rings. The van der Waals surface area contributed by atoms with Crippen molar-refractivity contribution in [2.45, 2.75) is 26.9 Å². The van der Waals surface area contributed by atoms with E-state index < -0.39 is 29.4 Å².